The van der Waals surface area contributed by atoms with Crippen LogP contribution >= 0.6 is 0 Å². The largest absolute Gasteiger partial charge is 0.630 e. The third-order valence-electron chi connectivity index (χ3n) is 1.98. The number of hydrogen-bond donors (Lipinski definition) is 0. The SMILES string of the molecule is C=C(COC)B1Oc2ccccc2O1. The number of para-hydroxylation sites is 2. The molecule has 2 rings (SSSR count). The summed E-state index contributed by atoms with van der Waals surface area (Å²) in [6.45, 7) is 4.28. The van der Waals surface area contributed by atoms with Gasteiger partial charge < -0.3 is 14.0 Å². The number of ether oxygens (including phenoxy) is 1. The molecule has 0 saturated heterocycles. The Balaban J connectivity index is 2.08. The molecule has 4 heteroatoms. The van der Waals surface area contributed by atoms with Gasteiger partial charge in [0.2, 0.25) is 0 Å². The highest BCUT2D eigenvalue weighted by Gasteiger charge is 2.34. The van der Waals surface area contributed by atoms with E-state index in [1.54, 1.807) is 7.11 Å². The molecule has 0 N–H and O–H groups in total. The molecule has 0 atom stereocenters. The van der Waals surface area contributed by atoms with Gasteiger partial charge >= 0.3 is 7.12 Å². The number of methoxy groups -OCH3 is 1. The average Bonchev–Trinajstić information content (AvgIpc) is 2.61. The van der Waals surface area contributed by atoms with E-state index in [0.717, 1.165) is 17.0 Å². The highest BCUT2D eigenvalue weighted by atomic mass is 16.6. The zero-order valence-corrected chi connectivity index (χ0v) is 8.03. The molecule has 1 aliphatic heterocycles. The fourth-order valence-corrected chi connectivity index (χ4v) is 1.32. The van der Waals surface area contributed by atoms with Gasteiger partial charge in [-0.3, -0.25) is 0 Å². The van der Waals surface area contributed by atoms with Crippen molar-refractivity contribution in [3.8, 4) is 11.5 Å². The molecule has 0 unspecified atom stereocenters. The highest BCUT2D eigenvalue weighted by molar-refractivity contribution is 6.56. The van der Waals surface area contributed by atoms with Gasteiger partial charge in [0.05, 0.1) is 6.61 Å². The summed E-state index contributed by atoms with van der Waals surface area (Å²) < 4.78 is 16.0. The predicted molar refractivity (Wildman–Crippen MR) is 54.5 cm³/mol. The maximum absolute atomic E-state index is 5.52. The molecular weight excluding hydrogens is 179 g/mol. The van der Waals surface area contributed by atoms with Crippen LogP contribution in [0, 0.1) is 0 Å². The minimum atomic E-state index is -0.410. The molecule has 0 amide bonds. The Hall–Kier alpha value is -1.42. The molecule has 0 saturated carbocycles. The van der Waals surface area contributed by atoms with Crippen molar-refractivity contribution < 1.29 is 14.0 Å². The van der Waals surface area contributed by atoms with E-state index >= 15 is 0 Å². The lowest BCUT2D eigenvalue weighted by Crippen LogP contribution is -2.29. The van der Waals surface area contributed by atoms with Crippen LogP contribution < -0.4 is 9.31 Å². The lowest BCUT2D eigenvalue weighted by molar-refractivity contribution is 0.228. The van der Waals surface area contributed by atoms with E-state index in [0.29, 0.717) is 6.61 Å². The first-order valence-corrected chi connectivity index (χ1v) is 4.40. The molecule has 1 aliphatic rings. The number of benzene rings is 1. The Morgan fingerprint density at radius 1 is 1.36 bits per heavy atom. The molecule has 0 fully saturated rings. The van der Waals surface area contributed by atoms with E-state index in [-0.39, 0.29) is 0 Å². The van der Waals surface area contributed by atoms with Gasteiger partial charge in [-0.25, -0.2) is 0 Å². The second kappa shape index (κ2) is 3.76. The van der Waals surface area contributed by atoms with Crippen LogP contribution in [0.2, 0.25) is 0 Å². The third-order valence-corrected chi connectivity index (χ3v) is 1.98. The first kappa shape index (κ1) is 9.15. The van der Waals surface area contributed by atoms with Gasteiger partial charge in [-0.15, -0.1) is 0 Å². The third kappa shape index (κ3) is 1.61. The highest BCUT2D eigenvalue weighted by Crippen LogP contribution is 2.33. The van der Waals surface area contributed by atoms with Crippen LogP contribution in [0.3, 0.4) is 0 Å². The summed E-state index contributed by atoms with van der Waals surface area (Å²) in [6, 6.07) is 7.55. The zero-order valence-electron chi connectivity index (χ0n) is 8.03. The number of rotatable bonds is 3. The Kier molecular flexibility index (Phi) is 2.46. The minimum absolute atomic E-state index is 0.410. The molecular formula is C10H11BO3. The zero-order chi connectivity index (χ0) is 9.97. The van der Waals surface area contributed by atoms with Crippen molar-refractivity contribution in [3.05, 3.63) is 36.3 Å². The van der Waals surface area contributed by atoms with Gasteiger partial charge in [-0.05, 0) is 12.1 Å². The molecule has 1 heterocycles. The van der Waals surface area contributed by atoms with Crippen molar-refractivity contribution >= 4 is 7.12 Å². The summed E-state index contributed by atoms with van der Waals surface area (Å²) in [5.74, 6) is 1.52. The van der Waals surface area contributed by atoms with Crippen LogP contribution in [0.4, 0.5) is 0 Å². The second-order valence-electron chi connectivity index (χ2n) is 3.11. The van der Waals surface area contributed by atoms with E-state index in [1.807, 2.05) is 24.3 Å². The van der Waals surface area contributed by atoms with E-state index in [4.69, 9.17) is 14.0 Å². The van der Waals surface area contributed by atoms with Crippen LogP contribution in [-0.2, 0) is 4.74 Å². The average molecular weight is 190 g/mol. The predicted octanol–water partition coefficient (Wildman–Crippen LogP) is 1.69. The van der Waals surface area contributed by atoms with Crippen molar-refractivity contribution in [1.29, 1.82) is 0 Å². The molecule has 1 aromatic rings. The van der Waals surface area contributed by atoms with Gasteiger partial charge in [-0.2, -0.15) is 0 Å². The maximum Gasteiger partial charge on any atom is 0.630 e. The summed E-state index contributed by atoms with van der Waals surface area (Å²) in [5, 5.41) is 0. The maximum atomic E-state index is 5.52. The molecule has 3 nitrogen and oxygen atoms in total. The van der Waals surface area contributed by atoms with E-state index in [9.17, 15) is 0 Å². The quantitative estimate of drug-likeness (QED) is 0.678. The van der Waals surface area contributed by atoms with Crippen LogP contribution in [0.5, 0.6) is 11.5 Å². The summed E-state index contributed by atoms with van der Waals surface area (Å²) in [6.07, 6.45) is 0. The van der Waals surface area contributed by atoms with Crippen LogP contribution in [0.15, 0.2) is 36.3 Å². The van der Waals surface area contributed by atoms with Crippen molar-refractivity contribution in [3.63, 3.8) is 0 Å². The molecule has 72 valence electrons. The lowest BCUT2D eigenvalue weighted by Gasteiger charge is -2.06. The second-order valence-corrected chi connectivity index (χ2v) is 3.11. The fraction of sp³-hybridized carbons (Fsp3) is 0.200. The number of hydrogen-bond acceptors (Lipinski definition) is 3. The van der Waals surface area contributed by atoms with Gasteiger partial charge in [0, 0.05) is 12.6 Å². The normalized spacial score (nSPS) is 13.1. The first-order chi connectivity index (χ1) is 6.81. The van der Waals surface area contributed by atoms with Crippen molar-refractivity contribution in [2.45, 2.75) is 0 Å². The molecule has 0 spiro atoms. The smallest absolute Gasteiger partial charge is 0.519 e. The monoisotopic (exact) mass is 190 g/mol. The Labute approximate surface area is 83.4 Å². The standard InChI is InChI=1S/C10H11BO3/c1-8(7-12-2)11-13-9-5-3-4-6-10(9)14-11/h3-6H,1,7H2,2H3. The molecule has 1 aromatic carbocycles. The summed E-state index contributed by atoms with van der Waals surface area (Å²) >= 11 is 0. The molecule has 14 heavy (non-hydrogen) atoms. The minimum Gasteiger partial charge on any atom is -0.519 e. The van der Waals surface area contributed by atoms with E-state index in [2.05, 4.69) is 6.58 Å². The van der Waals surface area contributed by atoms with E-state index in [1.165, 1.54) is 0 Å². The van der Waals surface area contributed by atoms with Crippen LogP contribution in [0.1, 0.15) is 0 Å². The Morgan fingerprint density at radius 2 is 1.93 bits per heavy atom. The van der Waals surface area contributed by atoms with Crippen LogP contribution in [-0.4, -0.2) is 20.8 Å². The van der Waals surface area contributed by atoms with Crippen molar-refractivity contribution in [1.82, 2.24) is 0 Å². The Morgan fingerprint density at radius 3 is 2.43 bits per heavy atom. The van der Waals surface area contributed by atoms with Gasteiger partial charge in [-0.1, -0.05) is 18.7 Å². The van der Waals surface area contributed by atoms with Crippen molar-refractivity contribution in [2.75, 3.05) is 13.7 Å². The molecule has 0 bridgehead atoms. The summed E-state index contributed by atoms with van der Waals surface area (Å²) in [5.41, 5.74) is 0.781. The molecule has 0 radical (unpaired) electrons. The van der Waals surface area contributed by atoms with Gasteiger partial charge in [0.15, 0.2) is 0 Å². The van der Waals surface area contributed by atoms with Gasteiger partial charge in [0.25, 0.3) is 0 Å². The summed E-state index contributed by atoms with van der Waals surface area (Å²) in [7, 11) is 1.21. The Bertz CT molecular complexity index is 326. The fourth-order valence-electron chi connectivity index (χ4n) is 1.32. The summed E-state index contributed by atoms with van der Waals surface area (Å²) in [4.78, 5) is 0. The first-order valence-electron chi connectivity index (χ1n) is 4.40. The molecule has 0 aliphatic carbocycles. The molecule has 0 aromatic heterocycles. The lowest BCUT2D eigenvalue weighted by atomic mass is 9.80. The topological polar surface area (TPSA) is 27.7 Å². The van der Waals surface area contributed by atoms with Crippen molar-refractivity contribution in [2.24, 2.45) is 0 Å². The number of fused-ring (bicyclic) bond motifs is 1. The van der Waals surface area contributed by atoms with E-state index < -0.39 is 7.12 Å². The van der Waals surface area contributed by atoms with Gasteiger partial charge in [0.1, 0.15) is 11.5 Å². The van der Waals surface area contributed by atoms with Crippen LogP contribution in [0.25, 0.3) is 0 Å².